The number of quaternary nitrogens is 1. The summed E-state index contributed by atoms with van der Waals surface area (Å²) in [6.07, 6.45) is 6.59. The maximum absolute atomic E-state index is 12.6. The Balaban J connectivity index is 1.52. The number of nitrogens with one attached hydrogen (secondary N) is 1. The molecule has 2 saturated heterocycles. The zero-order valence-corrected chi connectivity index (χ0v) is 16.2. The number of carbonyl (C=O) groups is 3. The fraction of sp³-hybridized carbons (Fsp3) is 0.850. The van der Waals surface area contributed by atoms with Crippen LogP contribution in [0.15, 0.2) is 0 Å². The number of likely N-dealkylation sites (tertiary alicyclic amines) is 2. The summed E-state index contributed by atoms with van der Waals surface area (Å²) in [4.78, 5) is 38.5. The molecule has 0 aromatic rings. The van der Waals surface area contributed by atoms with Crippen molar-refractivity contribution >= 4 is 17.8 Å². The number of aliphatic carboxylic acids is 1. The van der Waals surface area contributed by atoms with E-state index >= 15 is 0 Å². The molecule has 0 spiro atoms. The van der Waals surface area contributed by atoms with Crippen molar-refractivity contribution < 1.29 is 24.4 Å². The van der Waals surface area contributed by atoms with Crippen LogP contribution in [0.3, 0.4) is 0 Å². The first-order valence-corrected chi connectivity index (χ1v) is 10.6. The van der Waals surface area contributed by atoms with E-state index in [2.05, 4.69) is 0 Å². The van der Waals surface area contributed by atoms with Crippen LogP contribution in [0.2, 0.25) is 0 Å². The van der Waals surface area contributed by atoms with Crippen molar-refractivity contribution in [1.29, 1.82) is 0 Å². The highest BCUT2D eigenvalue weighted by Crippen LogP contribution is 2.33. The van der Waals surface area contributed by atoms with Crippen LogP contribution in [0.1, 0.15) is 51.4 Å². The summed E-state index contributed by atoms with van der Waals surface area (Å²) in [5.74, 6) is -0.386. The molecule has 2 aliphatic heterocycles. The second kappa shape index (κ2) is 9.04. The minimum atomic E-state index is -0.988. The van der Waals surface area contributed by atoms with Crippen LogP contribution < -0.4 is 15.7 Å². The molecule has 3 aliphatic rings. The quantitative estimate of drug-likeness (QED) is 0.565. The number of rotatable bonds is 7. The van der Waals surface area contributed by atoms with Gasteiger partial charge in [-0.05, 0) is 37.5 Å². The van der Waals surface area contributed by atoms with Crippen LogP contribution in [0, 0.1) is 23.7 Å². The number of nitrogens with zero attached hydrogens (tertiary/aromatic N) is 1. The summed E-state index contributed by atoms with van der Waals surface area (Å²) in [6, 6.07) is 0. The third-order valence-corrected chi connectivity index (χ3v) is 7.05. The van der Waals surface area contributed by atoms with Gasteiger partial charge in [-0.3, -0.25) is 9.59 Å². The van der Waals surface area contributed by atoms with Gasteiger partial charge in [-0.1, -0.05) is 6.42 Å². The standard InChI is InChI=1S/C20H33N3O4/c21-19(26)14-4-8-22(9-5-14)10-6-17-13-23(20(27)15-2-1-3-15)11-7-16(17)12-18(24)25/h14-17H,1-13H2,(H2,21,26)(H,24,25)/t16-,17-/m0/s1. The molecule has 3 N–H and O–H groups in total. The van der Waals surface area contributed by atoms with Gasteiger partial charge >= 0.3 is 0 Å². The van der Waals surface area contributed by atoms with Crippen molar-refractivity contribution in [2.45, 2.75) is 51.4 Å². The monoisotopic (exact) mass is 379 g/mol. The van der Waals surface area contributed by atoms with Gasteiger partial charge in [0.2, 0.25) is 11.8 Å². The van der Waals surface area contributed by atoms with Gasteiger partial charge < -0.3 is 25.4 Å². The first-order chi connectivity index (χ1) is 12.9. The van der Waals surface area contributed by atoms with Crippen LogP contribution >= 0.6 is 0 Å². The van der Waals surface area contributed by atoms with E-state index in [1.807, 2.05) is 4.90 Å². The number of nitrogens with two attached hydrogens (primary N) is 1. The number of primary amides is 1. The van der Waals surface area contributed by atoms with Gasteiger partial charge in [0.25, 0.3) is 0 Å². The van der Waals surface area contributed by atoms with E-state index < -0.39 is 5.97 Å². The molecule has 152 valence electrons. The maximum Gasteiger partial charge on any atom is 0.225 e. The molecule has 0 aromatic heterocycles. The number of hydrogen-bond donors (Lipinski definition) is 2. The van der Waals surface area contributed by atoms with E-state index in [1.54, 1.807) is 0 Å². The Morgan fingerprint density at radius 3 is 2.26 bits per heavy atom. The molecule has 2 amide bonds. The first kappa shape index (κ1) is 20.1. The van der Waals surface area contributed by atoms with Crippen molar-refractivity contribution in [3.63, 3.8) is 0 Å². The summed E-state index contributed by atoms with van der Waals surface area (Å²) in [6.45, 7) is 4.21. The Bertz CT molecular complexity index is 555. The van der Waals surface area contributed by atoms with Gasteiger partial charge in [0.05, 0.1) is 19.6 Å². The number of piperidine rings is 2. The molecule has 0 bridgehead atoms. The summed E-state index contributed by atoms with van der Waals surface area (Å²) < 4.78 is 0. The summed E-state index contributed by atoms with van der Waals surface area (Å²) in [5, 5.41) is 11.2. The highest BCUT2D eigenvalue weighted by Gasteiger charge is 2.36. The Hall–Kier alpha value is -1.63. The van der Waals surface area contributed by atoms with Crippen LogP contribution in [0.5, 0.6) is 0 Å². The normalized spacial score (nSPS) is 31.9. The largest absolute Gasteiger partial charge is 0.550 e. The first-order valence-electron chi connectivity index (χ1n) is 10.6. The molecular weight excluding hydrogens is 346 g/mol. The number of carboxylic acid groups (broad SMARTS) is 1. The topological polar surface area (TPSA) is 108 Å². The van der Waals surface area contributed by atoms with E-state index in [-0.39, 0.29) is 41.9 Å². The molecule has 0 aromatic carbocycles. The molecule has 7 nitrogen and oxygen atoms in total. The van der Waals surface area contributed by atoms with Crippen molar-refractivity contribution in [3.8, 4) is 0 Å². The molecule has 1 saturated carbocycles. The van der Waals surface area contributed by atoms with E-state index in [4.69, 9.17) is 5.73 Å². The Labute approximate surface area is 161 Å². The molecular formula is C20H33N3O4. The van der Waals surface area contributed by atoms with Gasteiger partial charge in [-0.15, -0.1) is 0 Å². The highest BCUT2D eigenvalue weighted by molar-refractivity contribution is 5.79. The van der Waals surface area contributed by atoms with Crippen molar-refractivity contribution in [2.24, 2.45) is 29.4 Å². The zero-order valence-electron chi connectivity index (χ0n) is 16.2. The third-order valence-electron chi connectivity index (χ3n) is 7.05. The Morgan fingerprint density at radius 1 is 1.00 bits per heavy atom. The van der Waals surface area contributed by atoms with Crippen molar-refractivity contribution in [1.82, 2.24) is 4.90 Å². The summed E-state index contributed by atoms with van der Waals surface area (Å²) in [5.41, 5.74) is 5.41. The second-order valence-corrected chi connectivity index (χ2v) is 8.76. The lowest BCUT2D eigenvalue weighted by atomic mass is 9.79. The number of carboxylic acids is 1. The maximum atomic E-state index is 12.6. The molecule has 1 aliphatic carbocycles. The Kier molecular flexibility index (Phi) is 6.73. The second-order valence-electron chi connectivity index (χ2n) is 8.76. The number of amides is 2. The fourth-order valence-corrected chi connectivity index (χ4v) is 4.95. The lowest BCUT2D eigenvalue weighted by molar-refractivity contribution is -0.906. The number of hydrogen-bond acceptors (Lipinski definition) is 4. The lowest BCUT2D eigenvalue weighted by Crippen LogP contribution is -3.13. The zero-order chi connectivity index (χ0) is 19.4. The van der Waals surface area contributed by atoms with Crippen LogP contribution in [-0.4, -0.2) is 55.4 Å². The smallest absolute Gasteiger partial charge is 0.225 e. The van der Waals surface area contributed by atoms with E-state index in [0.717, 1.165) is 64.6 Å². The molecule has 3 fully saturated rings. The van der Waals surface area contributed by atoms with Crippen LogP contribution in [-0.2, 0) is 14.4 Å². The summed E-state index contributed by atoms with van der Waals surface area (Å²) >= 11 is 0. The summed E-state index contributed by atoms with van der Waals surface area (Å²) in [7, 11) is 0. The minimum Gasteiger partial charge on any atom is -0.550 e. The molecule has 0 unspecified atom stereocenters. The van der Waals surface area contributed by atoms with Crippen molar-refractivity contribution in [2.75, 3.05) is 32.7 Å². The third kappa shape index (κ3) is 5.21. The van der Waals surface area contributed by atoms with Gasteiger partial charge in [-0.25, -0.2) is 0 Å². The molecule has 7 heteroatoms. The average Bonchev–Trinajstić information content (AvgIpc) is 2.59. The molecule has 2 heterocycles. The number of carbonyl (C=O) groups excluding carboxylic acids is 3. The van der Waals surface area contributed by atoms with Gasteiger partial charge in [0.1, 0.15) is 0 Å². The molecule has 3 rings (SSSR count). The van der Waals surface area contributed by atoms with Gasteiger partial charge in [0.15, 0.2) is 0 Å². The van der Waals surface area contributed by atoms with E-state index in [9.17, 15) is 19.5 Å². The lowest BCUT2D eigenvalue weighted by Gasteiger charge is -2.42. The highest BCUT2D eigenvalue weighted by atomic mass is 16.4. The fourth-order valence-electron chi connectivity index (χ4n) is 4.95. The predicted octanol–water partition coefficient (Wildman–Crippen LogP) is -1.44. The van der Waals surface area contributed by atoms with Crippen LogP contribution in [0.4, 0.5) is 0 Å². The molecule has 0 radical (unpaired) electrons. The Morgan fingerprint density at radius 2 is 1.70 bits per heavy atom. The SMILES string of the molecule is NC(=O)C1CC[NH+](CC[C@H]2CN(C(=O)C3CCC3)CC[C@H]2CC(=O)[O-])CC1. The van der Waals surface area contributed by atoms with Gasteiger partial charge in [0, 0.05) is 50.2 Å². The minimum absolute atomic E-state index is 0.00449. The van der Waals surface area contributed by atoms with E-state index in [1.165, 1.54) is 4.90 Å². The van der Waals surface area contributed by atoms with Gasteiger partial charge in [-0.2, -0.15) is 0 Å². The van der Waals surface area contributed by atoms with Crippen LogP contribution in [0.25, 0.3) is 0 Å². The predicted molar refractivity (Wildman–Crippen MR) is 97.2 cm³/mol. The molecule has 27 heavy (non-hydrogen) atoms. The van der Waals surface area contributed by atoms with Crippen molar-refractivity contribution in [3.05, 3.63) is 0 Å². The molecule has 2 atom stereocenters. The average molecular weight is 380 g/mol. The van der Waals surface area contributed by atoms with E-state index in [0.29, 0.717) is 13.1 Å².